The molecule has 22 heavy (non-hydrogen) atoms. The Hall–Kier alpha value is -1.10. The van der Waals surface area contributed by atoms with Crippen molar-refractivity contribution in [1.29, 1.82) is 0 Å². The smallest absolute Gasteiger partial charge is 0.265 e. The first-order valence-electron chi connectivity index (χ1n) is 7.75. The van der Waals surface area contributed by atoms with Gasteiger partial charge < -0.3 is 4.90 Å². The van der Waals surface area contributed by atoms with Gasteiger partial charge in [-0.25, -0.2) is 0 Å². The van der Waals surface area contributed by atoms with E-state index in [1.54, 1.807) is 0 Å². The van der Waals surface area contributed by atoms with Crippen LogP contribution in [0.25, 0.3) is 10.1 Å². The maximum atomic E-state index is 12.8. The number of piperazine rings is 1. The number of rotatable bonds is 3. The molecule has 1 fully saturated rings. The highest BCUT2D eigenvalue weighted by atomic mass is 35.5. The number of hydrogen-bond acceptors (Lipinski definition) is 3. The fraction of sp³-hybridized carbons (Fsp3) is 0.471. The van der Waals surface area contributed by atoms with E-state index in [0.717, 1.165) is 42.8 Å². The summed E-state index contributed by atoms with van der Waals surface area (Å²) in [6.07, 6.45) is 0. The summed E-state index contributed by atoms with van der Waals surface area (Å²) in [4.78, 5) is 17.8. The first-order valence-corrected chi connectivity index (χ1v) is 8.94. The largest absolute Gasteiger partial charge is 0.335 e. The second-order valence-corrected chi connectivity index (χ2v) is 7.66. The summed E-state index contributed by atoms with van der Waals surface area (Å²) in [5.41, 5.74) is 0. The summed E-state index contributed by atoms with van der Waals surface area (Å²) in [5, 5.41) is 1.59. The number of carbonyl (C=O) groups excluding carboxylic acids is 1. The van der Waals surface area contributed by atoms with Crippen molar-refractivity contribution in [1.82, 2.24) is 9.80 Å². The summed E-state index contributed by atoms with van der Waals surface area (Å²) in [5.74, 6) is 0.745. The standard InChI is InChI=1S/C17H21ClN2OS/c1-12(2)11-19-7-9-20(10-8-19)17(21)16-15(18)13-5-3-4-6-14(13)22-16/h3-6,12H,7-11H2,1-2H3. The second-order valence-electron chi connectivity index (χ2n) is 6.23. The molecule has 3 rings (SSSR count). The Morgan fingerprint density at radius 3 is 2.55 bits per heavy atom. The number of halogens is 1. The molecule has 0 bridgehead atoms. The zero-order valence-corrected chi connectivity index (χ0v) is 14.6. The summed E-state index contributed by atoms with van der Waals surface area (Å²) < 4.78 is 1.08. The lowest BCUT2D eigenvalue weighted by molar-refractivity contribution is 0.0629. The molecule has 3 nitrogen and oxygen atoms in total. The molecule has 1 aromatic carbocycles. The van der Waals surface area contributed by atoms with Crippen LogP contribution in [0, 0.1) is 5.92 Å². The normalized spacial score (nSPS) is 16.6. The van der Waals surface area contributed by atoms with Crippen LogP contribution in [0.3, 0.4) is 0 Å². The van der Waals surface area contributed by atoms with Crippen LogP contribution in [0.5, 0.6) is 0 Å². The molecule has 0 saturated carbocycles. The lowest BCUT2D eigenvalue weighted by Gasteiger charge is -2.35. The van der Waals surface area contributed by atoms with Crippen molar-refractivity contribution in [3.63, 3.8) is 0 Å². The van der Waals surface area contributed by atoms with Crippen LogP contribution in [0.1, 0.15) is 23.5 Å². The fourth-order valence-corrected chi connectivity index (χ4v) is 4.43. The number of fused-ring (bicyclic) bond motifs is 1. The van der Waals surface area contributed by atoms with Gasteiger partial charge in [-0.1, -0.05) is 43.6 Å². The van der Waals surface area contributed by atoms with Crippen LogP contribution < -0.4 is 0 Å². The van der Waals surface area contributed by atoms with Gasteiger partial charge in [0.1, 0.15) is 4.88 Å². The van der Waals surface area contributed by atoms with E-state index in [9.17, 15) is 4.79 Å². The van der Waals surface area contributed by atoms with Crippen LogP contribution in [-0.2, 0) is 0 Å². The van der Waals surface area contributed by atoms with Crippen LogP contribution >= 0.6 is 22.9 Å². The molecule has 5 heteroatoms. The Labute approximate surface area is 140 Å². The van der Waals surface area contributed by atoms with Gasteiger partial charge in [0.15, 0.2) is 0 Å². The van der Waals surface area contributed by atoms with E-state index in [1.807, 2.05) is 29.2 Å². The second kappa shape index (κ2) is 6.57. The molecule has 0 radical (unpaired) electrons. The third kappa shape index (κ3) is 3.14. The van der Waals surface area contributed by atoms with Crippen molar-refractivity contribution in [2.24, 2.45) is 5.92 Å². The van der Waals surface area contributed by atoms with Gasteiger partial charge in [-0.2, -0.15) is 0 Å². The Bertz CT molecular complexity index is 674. The van der Waals surface area contributed by atoms with E-state index in [1.165, 1.54) is 11.3 Å². The molecule has 0 unspecified atom stereocenters. The highest BCUT2D eigenvalue weighted by Crippen LogP contribution is 2.36. The molecule has 1 aromatic heterocycles. The molecular weight excluding hydrogens is 316 g/mol. The van der Waals surface area contributed by atoms with Crippen molar-refractivity contribution >= 4 is 38.9 Å². The quantitative estimate of drug-likeness (QED) is 0.846. The predicted octanol–water partition coefficient (Wildman–Crippen LogP) is 3.97. The molecule has 1 aliphatic heterocycles. The third-order valence-electron chi connectivity index (χ3n) is 4.01. The van der Waals surface area contributed by atoms with E-state index in [4.69, 9.17) is 11.6 Å². The number of carbonyl (C=O) groups is 1. The lowest BCUT2D eigenvalue weighted by atomic mass is 10.2. The summed E-state index contributed by atoms with van der Waals surface area (Å²) in [7, 11) is 0. The number of nitrogens with zero attached hydrogens (tertiary/aromatic N) is 2. The zero-order chi connectivity index (χ0) is 15.7. The molecule has 1 amide bonds. The molecule has 2 aromatic rings. The highest BCUT2D eigenvalue weighted by molar-refractivity contribution is 7.21. The maximum absolute atomic E-state index is 12.8. The maximum Gasteiger partial charge on any atom is 0.265 e. The molecule has 1 aliphatic rings. The third-order valence-corrected chi connectivity index (χ3v) is 5.68. The van der Waals surface area contributed by atoms with Crippen LogP contribution in [0.15, 0.2) is 24.3 Å². The van der Waals surface area contributed by atoms with Crippen LogP contribution in [-0.4, -0.2) is 48.4 Å². The topological polar surface area (TPSA) is 23.6 Å². The Morgan fingerprint density at radius 2 is 1.91 bits per heavy atom. The van der Waals surface area contributed by atoms with Gasteiger partial charge >= 0.3 is 0 Å². The van der Waals surface area contributed by atoms with E-state index in [-0.39, 0.29) is 5.91 Å². The Kier molecular flexibility index (Phi) is 4.71. The number of hydrogen-bond donors (Lipinski definition) is 0. The van der Waals surface area contributed by atoms with Gasteiger partial charge in [0, 0.05) is 42.8 Å². The molecule has 0 spiro atoms. The minimum Gasteiger partial charge on any atom is -0.335 e. The lowest BCUT2D eigenvalue weighted by Crippen LogP contribution is -2.49. The average molecular weight is 337 g/mol. The summed E-state index contributed by atoms with van der Waals surface area (Å²) in [6.45, 7) is 9.04. The number of amides is 1. The highest BCUT2D eigenvalue weighted by Gasteiger charge is 2.26. The molecular formula is C17H21ClN2OS. The monoisotopic (exact) mass is 336 g/mol. The van der Waals surface area contributed by atoms with E-state index in [2.05, 4.69) is 18.7 Å². The summed E-state index contributed by atoms with van der Waals surface area (Å²) in [6, 6.07) is 7.93. The first-order chi connectivity index (χ1) is 10.6. The van der Waals surface area contributed by atoms with E-state index >= 15 is 0 Å². The molecule has 0 atom stereocenters. The van der Waals surface area contributed by atoms with Crippen molar-refractivity contribution in [2.75, 3.05) is 32.7 Å². The average Bonchev–Trinajstić information content (AvgIpc) is 2.84. The van der Waals surface area contributed by atoms with E-state index < -0.39 is 0 Å². The Morgan fingerprint density at radius 1 is 1.23 bits per heavy atom. The minimum absolute atomic E-state index is 0.0791. The van der Waals surface area contributed by atoms with Crippen molar-refractivity contribution < 1.29 is 4.79 Å². The predicted molar refractivity (Wildman–Crippen MR) is 94.0 cm³/mol. The SMILES string of the molecule is CC(C)CN1CCN(C(=O)c2sc3ccccc3c2Cl)CC1. The zero-order valence-electron chi connectivity index (χ0n) is 13.0. The van der Waals surface area contributed by atoms with Gasteiger partial charge in [0.05, 0.1) is 5.02 Å². The van der Waals surface area contributed by atoms with E-state index in [0.29, 0.717) is 15.8 Å². The fourth-order valence-electron chi connectivity index (χ4n) is 2.95. The number of benzene rings is 1. The minimum atomic E-state index is 0.0791. The summed E-state index contributed by atoms with van der Waals surface area (Å²) >= 11 is 7.92. The van der Waals surface area contributed by atoms with Crippen molar-refractivity contribution in [3.05, 3.63) is 34.2 Å². The van der Waals surface area contributed by atoms with Gasteiger partial charge in [0.25, 0.3) is 5.91 Å². The first kappa shape index (κ1) is 15.8. The van der Waals surface area contributed by atoms with Crippen molar-refractivity contribution in [3.8, 4) is 0 Å². The molecule has 1 saturated heterocycles. The van der Waals surface area contributed by atoms with Gasteiger partial charge in [-0.15, -0.1) is 11.3 Å². The van der Waals surface area contributed by atoms with Crippen LogP contribution in [0.4, 0.5) is 0 Å². The van der Waals surface area contributed by atoms with Crippen molar-refractivity contribution in [2.45, 2.75) is 13.8 Å². The number of thiophene rings is 1. The molecule has 2 heterocycles. The molecule has 0 N–H and O–H groups in total. The Balaban J connectivity index is 1.73. The van der Waals surface area contributed by atoms with Crippen LogP contribution in [0.2, 0.25) is 5.02 Å². The van der Waals surface area contributed by atoms with Gasteiger partial charge in [-0.3, -0.25) is 9.69 Å². The van der Waals surface area contributed by atoms with Gasteiger partial charge in [0.2, 0.25) is 0 Å². The molecule has 118 valence electrons. The molecule has 0 aliphatic carbocycles. The van der Waals surface area contributed by atoms with Gasteiger partial charge in [-0.05, 0) is 12.0 Å².